The van der Waals surface area contributed by atoms with Gasteiger partial charge in [-0.3, -0.25) is 9.59 Å². The molecule has 0 saturated carbocycles. The number of carbonyl (C=O) groups excluding carboxylic acids is 2. The Kier molecular flexibility index (Phi) is 5.84. The molecule has 1 unspecified atom stereocenters. The average Bonchev–Trinajstić information content (AvgIpc) is 3.25. The first-order valence-electron chi connectivity index (χ1n) is 8.57. The van der Waals surface area contributed by atoms with E-state index in [9.17, 15) is 22.8 Å². The Morgan fingerprint density at radius 1 is 1.26 bits per heavy atom. The quantitative estimate of drug-likeness (QED) is 0.813. The van der Waals surface area contributed by atoms with E-state index in [4.69, 9.17) is 0 Å². The minimum absolute atomic E-state index is 0.0712. The van der Waals surface area contributed by atoms with Crippen molar-refractivity contribution in [3.8, 4) is 0 Å². The van der Waals surface area contributed by atoms with Crippen LogP contribution in [-0.2, 0) is 28.7 Å². The molecular formula is C19H19F3N2O2S. The fraction of sp³-hybridized carbons (Fsp3) is 0.368. The van der Waals surface area contributed by atoms with E-state index in [1.165, 1.54) is 15.8 Å². The number of benzene rings is 1. The van der Waals surface area contributed by atoms with Crippen molar-refractivity contribution in [2.45, 2.75) is 25.6 Å². The van der Waals surface area contributed by atoms with Gasteiger partial charge in [0.15, 0.2) is 0 Å². The molecule has 0 aliphatic carbocycles. The average molecular weight is 396 g/mol. The third-order valence-electron chi connectivity index (χ3n) is 4.46. The molecule has 2 aromatic rings. The summed E-state index contributed by atoms with van der Waals surface area (Å²) in [6.07, 6.45) is -3.60. The lowest BCUT2D eigenvalue weighted by Gasteiger charge is -2.17. The van der Waals surface area contributed by atoms with Crippen molar-refractivity contribution in [3.05, 3.63) is 57.8 Å². The molecule has 3 rings (SSSR count). The highest BCUT2D eigenvalue weighted by atomic mass is 32.1. The van der Waals surface area contributed by atoms with Gasteiger partial charge in [-0.1, -0.05) is 18.2 Å². The molecule has 1 aliphatic rings. The summed E-state index contributed by atoms with van der Waals surface area (Å²) in [5.41, 5.74) is -0.341. The summed E-state index contributed by atoms with van der Waals surface area (Å²) < 4.78 is 38.4. The lowest BCUT2D eigenvalue weighted by atomic mass is 10.1. The molecule has 27 heavy (non-hydrogen) atoms. The first-order valence-corrected chi connectivity index (χ1v) is 9.45. The van der Waals surface area contributed by atoms with Gasteiger partial charge in [-0.05, 0) is 35.6 Å². The minimum Gasteiger partial charge on any atom is -0.355 e. The van der Waals surface area contributed by atoms with E-state index in [0.29, 0.717) is 12.1 Å². The van der Waals surface area contributed by atoms with Crippen LogP contribution in [0.2, 0.25) is 0 Å². The van der Waals surface area contributed by atoms with E-state index in [-0.39, 0.29) is 31.3 Å². The van der Waals surface area contributed by atoms with E-state index in [0.717, 1.165) is 18.6 Å². The van der Waals surface area contributed by atoms with Crippen LogP contribution in [0.5, 0.6) is 0 Å². The maximum absolute atomic E-state index is 12.8. The van der Waals surface area contributed by atoms with Gasteiger partial charge in [-0.25, -0.2) is 0 Å². The van der Waals surface area contributed by atoms with Gasteiger partial charge < -0.3 is 10.2 Å². The molecule has 1 aromatic heterocycles. The summed E-state index contributed by atoms with van der Waals surface area (Å²) in [5, 5.41) is 4.81. The standard InChI is InChI=1S/C19H19F3N2O2S/c20-19(21,22)15-4-1-3-13(9-15)11-24-12-14(10-17(24)25)18(26)23-7-6-16-5-2-8-27-16/h1-5,8-9,14H,6-7,10-12H2,(H,23,26). The molecule has 1 fully saturated rings. The SMILES string of the molecule is O=C(NCCc1cccs1)C1CC(=O)N(Cc2cccc(C(F)(F)F)c2)C1. The van der Waals surface area contributed by atoms with Crippen molar-refractivity contribution >= 4 is 23.2 Å². The first-order chi connectivity index (χ1) is 12.8. The second-order valence-corrected chi connectivity index (χ2v) is 7.53. The van der Waals surface area contributed by atoms with E-state index in [1.807, 2.05) is 17.5 Å². The van der Waals surface area contributed by atoms with Crippen LogP contribution in [-0.4, -0.2) is 29.8 Å². The number of hydrogen-bond donors (Lipinski definition) is 1. The molecule has 1 aliphatic heterocycles. The lowest BCUT2D eigenvalue weighted by Crippen LogP contribution is -2.34. The molecule has 2 heterocycles. The molecule has 1 saturated heterocycles. The molecule has 0 radical (unpaired) electrons. The summed E-state index contributed by atoms with van der Waals surface area (Å²) in [7, 11) is 0. The Labute approximate surface area is 159 Å². The van der Waals surface area contributed by atoms with E-state index < -0.39 is 17.7 Å². The number of alkyl halides is 3. The molecule has 1 aromatic carbocycles. The van der Waals surface area contributed by atoms with Crippen LogP contribution in [0, 0.1) is 5.92 Å². The molecule has 1 N–H and O–H groups in total. The van der Waals surface area contributed by atoms with Crippen molar-refractivity contribution in [2.24, 2.45) is 5.92 Å². The first kappa shape index (κ1) is 19.4. The van der Waals surface area contributed by atoms with Crippen LogP contribution < -0.4 is 5.32 Å². The second-order valence-electron chi connectivity index (χ2n) is 6.49. The summed E-state index contributed by atoms with van der Waals surface area (Å²) in [5.74, 6) is -0.871. The van der Waals surface area contributed by atoms with Crippen molar-refractivity contribution in [2.75, 3.05) is 13.1 Å². The van der Waals surface area contributed by atoms with Gasteiger partial charge in [0, 0.05) is 30.9 Å². The zero-order chi connectivity index (χ0) is 19.4. The molecule has 1 atom stereocenters. The Morgan fingerprint density at radius 2 is 2.07 bits per heavy atom. The van der Waals surface area contributed by atoms with Crippen LogP contribution in [0.1, 0.15) is 22.4 Å². The Balaban J connectivity index is 1.53. The summed E-state index contributed by atoms with van der Waals surface area (Å²) in [6, 6.07) is 8.86. The van der Waals surface area contributed by atoms with E-state index >= 15 is 0 Å². The minimum atomic E-state index is -4.42. The van der Waals surface area contributed by atoms with E-state index in [2.05, 4.69) is 5.32 Å². The highest BCUT2D eigenvalue weighted by Crippen LogP contribution is 2.30. The molecular weight excluding hydrogens is 377 g/mol. The maximum atomic E-state index is 12.8. The number of hydrogen-bond acceptors (Lipinski definition) is 3. The lowest BCUT2D eigenvalue weighted by molar-refractivity contribution is -0.137. The normalized spacial score (nSPS) is 17.4. The zero-order valence-corrected chi connectivity index (χ0v) is 15.3. The Morgan fingerprint density at radius 3 is 2.78 bits per heavy atom. The van der Waals surface area contributed by atoms with Crippen molar-refractivity contribution in [1.29, 1.82) is 0 Å². The monoisotopic (exact) mass is 396 g/mol. The number of nitrogens with zero attached hydrogens (tertiary/aromatic N) is 1. The predicted molar refractivity (Wildman–Crippen MR) is 96.0 cm³/mol. The fourth-order valence-electron chi connectivity index (χ4n) is 3.08. The topological polar surface area (TPSA) is 49.4 Å². The summed E-state index contributed by atoms with van der Waals surface area (Å²) >= 11 is 1.62. The van der Waals surface area contributed by atoms with E-state index in [1.54, 1.807) is 17.4 Å². The molecule has 144 valence electrons. The third kappa shape index (κ3) is 5.09. The van der Waals surface area contributed by atoms with Crippen molar-refractivity contribution < 1.29 is 22.8 Å². The molecule has 0 bridgehead atoms. The Hall–Kier alpha value is -2.35. The summed E-state index contributed by atoms with van der Waals surface area (Å²) in [4.78, 5) is 27.0. The number of nitrogens with one attached hydrogen (secondary N) is 1. The number of likely N-dealkylation sites (tertiary alicyclic amines) is 1. The van der Waals surface area contributed by atoms with Crippen LogP contribution in [0.3, 0.4) is 0 Å². The smallest absolute Gasteiger partial charge is 0.355 e. The van der Waals surface area contributed by atoms with Gasteiger partial charge in [0.1, 0.15) is 0 Å². The number of rotatable bonds is 6. The van der Waals surface area contributed by atoms with Gasteiger partial charge in [0.25, 0.3) is 0 Å². The molecule has 4 nitrogen and oxygen atoms in total. The fourth-order valence-corrected chi connectivity index (χ4v) is 3.78. The summed E-state index contributed by atoms with van der Waals surface area (Å²) in [6.45, 7) is 0.791. The highest BCUT2D eigenvalue weighted by molar-refractivity contribution is 7.09. The van der Waals surface area contributed by atoms with Crippen molar-refractivity contribution in [3.63, 3.8) is 0 Å². The second kappa shape index (κ2) is 8.12. The highest BCUT2D eigenvalue weighted by Gasteiger charge is 2.35. The van der Waals surface area contributed by atoms with Crippen LogP contribution >= 0.6 is 11.3 Å². The number of carbonyl (C=O) groups is 2. The van der Waals surface area contributed by atoms with Gasteiger partial charge in [0.05, 0.1) is 11.5 Å². The molecule has 2 amide bonds. The van der Waals surface area contributed by atoms with Crippen LogP contribution in [0.15, 0.2) is 41.8 Å². The van der Waals surface area contributed by atoms with Gasteiger partial charge in [-0.15, -0.1) is 11.3 Å². The van der Waals surface area contributed by atoms with Crippen LogP contribution in [0.4, 0.5) is 13.2 Å². The molecule has 8 heteroatoms. The molecule has 0 spiro atoms. The van der Waals surface area contributed by atoms with Crippen LogP contribution in [0.25, 0.3) is 0 Å². The Bertz CT molecular complexity index is 806. The van der Waals surface area contributed by atoms with Gasteiger partial charge in [-0.2, -0.15) is 13.2 Å². The number of halogens is 3. The number of amides is 2. The maximum Gasteiger partial charge on any atom is 0.416 e. The predicted octanol–water partition coefficient (Wildman–Crippen LogP) is 3.47. The third-order valence-corrected chi connectivity index (χ3v) is 5.40. The van der Waals surface area contributed by atoms with Crippen molar-refractivity contribution in [1.82, 2.24) is 10.2 Å². The zero-order valence-electron chi connectivity index (χ0n) is 14.5. The largest absolute Gasteiger partial charge is 0.416 e. The van der Waals surface area contributed by atoms with Gasteiger partial charge in [0.2, 0.25) is 11.8 Å². The van der Waals surface area contributed by atoms with Gasteiger partial charge >= 0.3 is 6.18 Å². The number of thiophene rings is 1.